The van der Waals surface area contributed by atoms with Gasteiger partial charge in [0.25, 0.3) is 5.69 Å². The zero-order valence-corrected chi connectivity index (χ0v) is 8.75. The lowest BCUT2D eigenvalue weighted by molar-refractivity contribution is -0.384. The first-order valence-electron chi connectivity index (χ1n) is 4.95. The van der Waals surface area contributed by atoms with Crippen LogP contribution < -0.4 is 4.74 Å². The highest BCUT2D eigenvalue weighted by Crippen LogP contribution is 2.29. The van der Waals surface area contributed by atoms with Crippen molar-refractivity contribution >= 4 is 11.8 Å². The molecule has 1 aliphatic rings. The largest absolute Gasteiger partial charge is 0.461 e. The molecule has 0 aromatic heterocycles. The molecule has 0 spiro atoms. The topological polar surface area (TPSA) is 61.6 Å². The fourth-order valence-electron chi connectivity index (χ4n) is 1.49. The first-order chi connectivity index (χ1) is 7.70. The Kier molecular flexibility index (Phi) is 2.87. The Labute approximate surface area is 92.4 Å². The van der Waals surface area contributed by atoms with Gasteiger partial charge < -0.3 is 9.47 Å². The molecule has 1 heterocycles. The van der Waals surface area contributed by atoms with Crippen molar-refractivity contribution in [2.75, 3.05) is 6.61 Å². The molecule has 1 aliphatic heterocycles. The number of nitrogens with zero attached hydrogens (tertiary/aromatic N) is 1. The number of ether oxygens (including phenoxy) is 2. The highest BCUT2D eigenvalue weighted by molar-refractivity contribution is 5.62. The lowest BCUT2D eigenvalue weighted by Gasteiger charge is -2.20. The molecule has 1 aromatic carbocycles. The minimum Gasteiger partial charge on any atom is -0.461 e. The highest BCUT2D eigenvalue weighted by Gasteiger charge is 2.17. The van der Waals surface area contributed by atoms with E-state index >= 15 is 0 Å². The van der Waals surface area contributed by atoms with E-state index in [0.29, 0.717) is 17.9 Å². The lowest BCUT2D eigenvalue weighted by Crippen LogP contribution is -2.20. The predicted octanol–water partition coefficient (Wildman–Crippen LogP) is 2.36. The minimum absolute atomic E-state index is 0.0573. The summed E-state index contributed by atoms with van der Waals surface area (Å²) in [5.41, 5.74) is 0.756. The first-order valence-corrected chi connectivity index (χ1v) is 4.95. The molecule has 0 aliphatic carbocycles. The van der Waals surface area contributed by atoms with Crippen molar-refractivity contribution in [3.8, 4) is 5.75 Å². The number of rotatable bonds is 3. The smallest absolute Gasteiger partial charge is 0.270 e. The van der Waals surface area contributed by atoms with Crippen molar-refractivity contribution in [3.63, 3.8) is 0 Å². The van der Waals surface area contributed by atoms with E-state index < -0.39 is 11.2 Å². The quantitative estimate of drug-likeness (QED) is 0.580. The van der Waals surface area contributed by atoms with Gasteiger partial charge in [0.15, 0.2) is 0 Å². The third kappa shape index (κ3) is 2.04. The summed E-state index contributed by atoms with van der Waals surface area (Å²) in [4.78, 5) is 10.1. The molecule has 0 N–H and O–H groups in total. The van der Waals surface area contributed by atoms with E-state index in [4.69, 9.17) is 9.47 Å². The van der Waals surface area contributed by atoms with Gasteiger partial charge in [0.1, 0.15) is 5.75 Å². The van der Waals surface area contributed by atoms with Crippen molar-refractivity contribution < 1.29 is 14.4 Å². The second kappa shape index (κ2) is 4.32. The molecule has 5 nitrogen and oxygen atoms in total. The number of non-ortho nitro benzene ring substituents is 1. The van der Waals surface area contributed by atoms with Crippen molar-refractivity contribution in [3.05, 3.63) is 40.0 Å². The van der Waals surface area contributed by atoms with Crippen LogP contribution in [0.25, 0.3) is 6.08 Å². The van der Waals surface area contributed by atoms with Gasteiger partial charge in [0.2, 0.25) is 6.29 Å². The van der Waals surface area contributed by atoms with Gasteiger partial charge in [-0.3, -0.25) is 10.1 Å². The van der Waals surface area contributed by atoms with Crippen molar-refractivity contribution in [2.24, 2.45) is 0 Å². The fourth-order valence-corrected chi connectivity index (χ4v) is 1.49. The van der Waals surface area contributed by atoms with Gasteiger partial charge in [-0.1, -0.05) is 0 Å². The van der Waals surface area contributed by atoms with Gasteiger partial charge in [0, 0.05) is 24.3 Å². The summed E-state index contributed by atoms with van der Waals surface area (Å²) >= 11 is 0. The number of hydrogen-bond acceptors (Lipinski definition) is 4. The minimum atomic E-state index is -0.428. The molecule has 0 fully saturated rings. The van der Waals surface area contributed by atoms with Crippen LogP contribution in [-0.2, 0) is 4.74 Å². The highest BCUT2D eigenvalue weighted by atomic mass is 16.7. The average molecular weight is 221 g/mol. The number of nitro benzene ring substituents is 1. The lowest BCUT2D eigenvalue weighted by atomic mass is 10.1. The summed E-state index contributed by atoms with van der Waals surface area (Å²) in [7, 11) is 0. The van der Waals surface area contributed by atoms with Crippen LogP contribution in [0, 0.1) is 10.1 Å². The molecular weight excluding hydrogens is 210 g/mol. The van der Waals surface area contributed by atoms with E-state index in [-0.39, 0.29) is 5.69 Å². The maximum atomic E-state index is 10.6. The normalized spacial score (nSPS) is 17.7. The Morgan fingerprint density at radius 1 is 1.56 bits per heavy atom. The number of hydrogen-bond donors (Lipinski definition) is 0. The maximum Gasteiger partial charge on any atom is 0.270 e. The number of nitro groups is 1. The number of fused-ring (bicyclic) bond motifs is 1. The maximum absolute atomic E-state index is 10.6. The van der Waals surface area contributed by atoms with Crippen LogP contribution in [0.3, 0.4) is 0 Å². The van der Waals surface area contributed by atoms with Gasteiger partial charge in [0.05, 0.1) is 4.92 Å². The molecule has 84 valence electrons. The van der Waals surface area contributed by atoms with Gasteiger partial charge in [-0.15, -0.1) is 0 Å². The summed E-state index contributed by atoms with van der Waals surface area (Å²) < 4.78 is 10.7. The Balaban J connectivity index is 2.25. The molecule has 0 saturated heterocycles. The van der Waals surface area contributed by atoms with E-state index in [1.54, 1.807) is 18.2 Å². The molecule has 0 amide bonds. The Morgan fingerprint density at radius 2 is 2.38 bits per heavy atom. The summed E-state index contributed by atoms with van der Waals surface area (Å²) in [6.07, 6.45) is 3.10. The van der Waals surface area contributed by atoms with Crippen LogP contribution in [0.5, 0.6) is 5.75 Å². The summed E-state index contributed by atoms with van der Waals surface area (Å²) in [6, 6.07) is 4.48. The molecular formula is C11H11NO4. The second-order valence-corrected chi connectivity index (χ2v) is 3.28. The van der Waals surface area contributed by atoms with Crippen LogP contribution >= 0.6 is 0 Å². The molecule has 2 rings (SSSR count). The molecule has 1 unspecified atom stereocenters. The monoisotopic (exact) mass is 221 g/mol. The fraction of sp³-hybridized carbons (Fsp3) is 0.273. The predicted molar refractivity (Wildman–Crippen MR) is 58.2 cm³/mol. The van der Waals surface area contributed by atoms with Crippen LogP contribution in [0.4, 0.5) is 5.69 Å². The average Bonchev–Trinajstić information content (AvgIpc) is 2.28. The third-order valence-electron chi connectivity index (χ3n) is 2.21. The Morgan fingerprint density at radius 3 is 3.06 bits per heavy atom. The summed E-state index contributed by atoms with van der Waals surface area (Å²) in [5, 5.41) is 10.6. The van der Waals surface area contributed by atoms with Crippen molar-refractivity contribution in [1.29, 1.82) is 0 Å². The molecule has 0 bridgehead atoms. The molecule has 0 saturated carbocycles. The molecule has 1 aromatic rings. The van der Waals surface area contributed by atoms with Crippen LogP contribution in [0.15, 0.2) is 24.3 Å². The molecule has 0 radical (unpaired) electrons. The third-order valence-corrected chi connectivity index (χ3v) is 2.21. The number of benzene rings is 1. The van der Waals surface area contributed by atoms with E-state index in [1.165, 1.54) is 12.1 Å². The SMILES string of the molecule is CCOC1C=Cc2cc([N+](=O)[O-])ccc2O1. The summed E-state index contributed by atoms with van der Waals surface area (Å²) in [5.74, 6) is 0.603. The second-order valence-electron chi connectivity index (χ2n) is 3.28. The van der Waals surface area contributed by atoms with Crippen molar-refractivity contribution in [1.82, 2.24) is 0 Å². The van der Waals surface area contributed by atoms with E-state index in [1.807, 2.05) is 6.92 Å². The van der Waals surface area contributed by atoms with Gasteiger partial charge in [-0.25, -0.2) is 0 Å². The van der Waals surface area contributed by atoms with Gasteiger partial charge in [-0.2, -0.15) is 0 Å². The first kappa shape index (κ1) is 10.6. The van der Waals surface area contributed by atoms with Crippen LogP contribution in [0.1, 0.15) is 12.5 Å². The zero-order chi connectivity index (χ0) is 11.5. The van der Waals surface area contributed by atoms with Gasteiger partial charge >= 0.3 is 0 Å². The Bertz CT molecular complexity index is 442. The Hall–Kier alpha value is -1.88. The van der Waals surface area contributed by atoms with Crippen LogP contribution in [-0.4, -0.2) is 17.8 Å². The van der Waals surface area contributed by atoms with Gasteiger partial charge in [-0.05, 0) is 25.1 Å². The molecule has 1 atom stereocenters. The zero-order valence-electron chi connectivity index (χ0n) is 8.75. The van der Waals surface area contributed by atoms with E-state index in [2.05, 4.69) is 0 Å². The molecule has 16 heavy (non-hydrogen) atoms. The van der Waals surface area contributed by atoms with E-state index in [0.717, 1.165) is 0 Å². The van der Waals surface area contributed by atoms with E-state index in [9.17, 15) is 10.1 Å². The van der Waals surface area contributed by atoms with Crippen LogP contribution in [0.2, 0.25) is 0 Å². The standard InChI is InChI=1S/C11H11NO4/c1-2-15-11-6-3-8-7-9(12(13)14)4-5-10(8)16-11/h3-7,11H,2H2,1H3. The summed E-state index contributed by atoms with van der Waals surface area (Å²) in [6.45, 7) is 2.43. The van der Waals surface area contributed by atoms with Crippen molar-refractivity contribution in [2.45, 2.75) is 13.2 Å². The molecule has 5 heteroatoms.